The van der Waals surface area contributed by atoms with Crippen LogP contribution in [-0.2, 0) is 6.54 Å². The molecule has 1 amide bonds. The number of rotatable bonds is 5. The summed E-state index contributed by atoms with van der Waals surface area (Å²) in [6.07, 6.45) is 1.46. The molecule has 7 heteroatoms. The predicted molar refractivity (Wildman–Crippen MR) is 104 cm³/mol. The van der Waals surface area contributed by atoms with Crippen LogP contribution in [0.4, 0.5) is 4.39 Å². The molecule has 0 unspecified atom stereocenters. The number of nitrogens with one attached hydrogen (secondary N) is 1. The molecular formula is C20H18ClFN4O. The molecule has 0 bridgehead atoms. The van der Waals surface area contributed by atoms with Crippen molar-refractivity contribution in [2.24, 2.45) is 5.10 Å². The Hall–Kier alpha value is -2.99. The van der Waals surface area contributed by atoms with E-state index in [0.717, 1.165) is 5.56 Å². The van der Waals surface area contributed by atoms with Crippen molar-refractivity contribution in [3.8, 4) is 0 Å². The van der Waals surface area contributed by atoms with E-state index in [0.29, 0.717) is 28.5 Å². The summed E-state index contributed by atoms with van der Waals surface area (Å²) in [4.78, 5) is 12.0. The minimum absolute atomic E-state index is 0.312. The summed E-state index contributed by atoms with van der Waals surface area (Å²) in [6.45, 7) is 4.39. The second-order valence-corrected chi connectivity index (χ2v) is 6.50. The normalized spacial score (nSPS) is 11.1. The molecule has 2 aromatic carbocycles. The maximum absolute atomic E-state index is 12.9. The van der Waals surface area contributed by atoms with Crippen molar-refractivity contribution >= 4 is 23.7 Å². The highest BCUT2D eigenvalue weighted by molar-refractivity contribution is 6.32. The van der Waals surface area contributed by atoms with Crippen molar-refractivity contribution in [3.63, 3.8) is 0 Å². The summed E-state index contributed by atoms with van der Waals surface area (Å²) in [5, 5.41) is 8.81. The van der Waals surface area contributed by atoms with Crippen molar-refractivity contribution in [2.75, 3.05) is 0 Å². The minimum Gasteiger partial charge on any atom is -0.267 e. The molecule has 3 aromatic rings. The Morgan fingerprint density at radius 2 is 1.85 bits per heavy atom. The fourth-order valence-electron chi connectivity index (χ4n) is 2.51. The number of aryl methyl sites for hydroxylation is 2. The summed E-state index contributed by atoms with van der Waals surface area (Å²) in [7, 11) is 0. The monoisotopic (exact) mass is 384 g/mol. The van der Waals surface area contributed by atoms with Crippen LogP contribution in [0.15, 0.2) is 53.6 Å². The van der Waals surface area contributed by atoms with E-state index in [4.69, 9.17) is 11.6 Å². The summed E-state index contributed by atoms with van der Waals surface area (Å²) in [6, 6.07) is 13.3. The third-order valence-electron chi connectivity index (χ3n) is 4.03. The standard InChI is InChI=1S/C20H18ClFN4O/c1-13-3-5-15(6-4-13)12-26-19(21)18(14(2)25-26)11-23-24-20(27)16-7-9-17(22)10-8-16/h3-11H,12H2,1-2H3,(H,24,27)/b23-11-. The quantitative estimate of drug-likeness (QED) is 0.531. The zero-order valence-electron chi connectivity index (χ0n) is 14.9. The molecule has 0 fully saturated rings. The lowest BCUT2D eigenvalue weighted by molar-refractivity contribution is 0.0955. The van der Waals surface area contributed by atoms with Crippen molar-refractivity contribution < 1.29 is 9.18 Å². The SMILES string of the molecule is Cc1ccc(Cn2nc(C)c(/C=N\NC(=O)c3ccc(F)cc3)c2Cl)cc1. The number of aromatic nitrogens is 2. The molecule has 5 nitrogen and oxygen atoms in total. The maximum Gasteiger partial charge on any atom is 0.271 e. The van der Waals surface area contributed by atoms with E-state index in [2.05, 4.69) is 15.6 Å². The average Bonchev–Trinajstić information content (AvgIpc) is 2.91. The number of hydrazone groups is 1. The molecule has 0 radical (unpaired) electrons. The van der Waals surface area contributed by atoms with Gasteiger partial charge in [0, 0.05) is 5.56 Å². The van der Waals surface area contributed by atoms with Crippen LogP contribution in [0, 0.1) is 19.7 Å². The summed E-state index contributed by atoms with van der Waals surface area (Å²) in [5.41, 5.74) is 6.31. The van der Waals surface area contributed by atoms with E-state index < -0.39 is 11.7 Å². The molecule has 0 atom stereocenters. The van der Waals surface area contributed by atoms with Crippen LogP contribution in [0.3, 0.4) is 0 Å². The fourth-order valence-corrected chi connectivity index (χ4v) is 2.79. The van der Waals surface area contributed by atoms with Gasteiger partial charge in [-0.25, -0.2) is 14.5 Å². The molecular weight excluding hydrogens is 367 g/mol. The smallest absolute Gasteiger partial charge is 0.267 e. The van der Waals surface area contributed by atoms with Gasteiger partial charge in [0.25, 0.3) is 5.91 Å². The van der Waals surface area contributed by atoms with Crippen LogP contribution in [-0.4, -0.2) is 21.9 Å². The molecule has 0 saturated carbocycles. The van der Waals surface area contributed by atoms with Gasteiger partial charge in [-0.3, -0.25) is 4.79 Å². The third-order valence-corrected chi connectivity index (χ3v) is 4.43. The number of hydrogen-bond donors (Lipinski definition) is 1. The van der Waals surface area contributed by atoms with Crippen LogP contribution in [0.5, 0.6) is 0 Å². The van der Waals surface area contributed by atoms with E-state index in [1.807, 2.05) is 38.1 Å². The molecule has 1 N–H and O–H groups in total. The van der Waals surface area contributed by atoms with Gasteiger partial charge in [-0.2, -0.15) is 10.2 Å². The van der Waals surface area contributed by atoms with Gasteiger partial charge in [-0.1, -0.05) is 41.4 Å². The number of benzene rings is 2. The Balaban J connectivity index is 1.70. The molecule has 138 valence electrons. The first-order valence-electron chi connectivity index (χ1n) is 8.31. The Kier molecular flexibility index (Phi) is 5.66. The number of nitrogens with zero attached hydrogens (tertiary/aromatic N) is 3. The van der Waals surface area contributed by atoms with Crippen molar-refractivity contribution in [1.29, 1.82) is 0 Å². The van der Waals surface area contributed by atoms with Crippen LogP contribution in [0.25, 0.3) is 0 Å². The molecule has 27 heavy (non-hydrogen) atoms. The summed E-state index contributed by atoms with van der Waals surface area (Å²) in [5.74, 6) is -0.842. The zero-order valence-corrected chi connectivity index (χ0v) is 15.7. The van der Waals surface area contributed by atoms with E-state index in [1.165, 1.54) is 36.0 Å². The number of carbonyl (C=O) groups excluding carboxylic acids is 1. The van der Waals surface area contributed by atoms with E-state index >= 15 is 0 Å². The van der Waals surface area contributed by atoms with E-state index in [-0.39, 0.29) is 0 Å². The molecule has 0 aliphatic carbocycles. The summed E-state index contributed by atoms with van der Waals surface area (Å²) < 4.78 is 14.6. The minimum atomic E-state index is -0.438. The fraction of sp³-hybridized carbons (Fsp3) is 0.150. The first-order chi connectivity index (χ1) is 12.9. The zero-order chi connectivity index (χ0) is 19.4. The highest BCUT2D eigenvalue weighted by Crippen LogP contribution is 2.19. The predicted octanol–water partition coefficient (Wildman–Crippen LogP) is 4.10. The number of halogens is 2. The molecule has 0 aliphatic heterocycles. The van der Waals surface area contributed by atoms with Crippen LogP contribution >= 0.6 is 11.6 Å². The average molecular weight is 385 g/mol. The first kappa shape index (κ1) is 18.8. The second-order valence-electron chi connectivity index (χ2n) is 6.14. The Morgan fingerprint density at radius 3 is 2.52 bits per heavy atom. The molecule has 0 spiro atoms. The van der Waals surface area contributed by atoms with Gasteiger partial charge in [0.1, 0.15) is 11.0 Å². The van der Waals surface area contributed by atoms with Gasteiger partial charge in [-0.05, 0) is 43.7 Å². The highest BCUT2D eigenvalue weighted by atomic mass is 35.5. The van der Waals surface area contributed by atoms with Gasteiger partial charge < -0.3 is 0 Å². The molecule has 3 rings (SSSR count). The second kappa shape index (κ2) is 8.14. The van der Waals surface area contributed by atoms with Crippen LogP contribution < -0.4 is 5.43 Å². The van der Waals surface area contributed by atoms with Crippen molar-refractivity contribution in [1.82, 2.24) is 15.2 Å². The molecule has 0 saturated heterocycles. The largest absolute Gasteiger partial charge is 0.271 e. The van der Waals surface area contributed by atoms with Gasteiger partial charge in [0.15, 0.2) is 0 Å². The number of amides is 1. The van der Waals surface area contributed by atoms with Gasteiger partial charge in [0.05, 0.1) is 24.0 Å². The Bertz CT molecular complexity index is 978. The summed E-state index contributed by atoms with van der Waals surface area (Å²) >= 11 is 6.42. The van der Waals surface area contributed by atoms with Crippen LogP contribution in [0.1, 0.15) is 32.7 Å². The first-order valence-corrected chi connectivity index (χ1v) is 8.69. The molecule has 1 aromatic heterocycles. The van der Waals surface area contributed by atoms with Gasteiger partial charge in [-0.15, -0.1) is 0 Å². The van der Waals surface area contributed by atoms with E-state index in [1.54, 1.807) is 4.68 Å². The van der Waals surface area contributed by atoms with Crippen molar-refractivity contribution in [2.45, 2.75) is 20.4 Å². The lowest BCUT2D eigenvalue weighted by Crippen LogP contribution is -2.17. The lowest BCUT2D eigenvalue weighted by atomic mass is 10.1. The van der Waals surface area contributed by atoms with Gasteiger partial charge >= 0.3 is 0 Å². The Morgan fingerprint density at radius 1 is 1.19 bits per heavy atom. The highest BCUT2D eigenvalue weighted by Gasteiger charge is 2.12. The Labute approximate surface area is 161 Å². The van der Waals surface area contributed by atoms with E-state index in [9.17, 15) is 9.18 Å². The van der Waals surface area contributed by atoms with Gasteiger partial charge in [0.2, 0.25) is 0 Å². The topological polar surface area (TPSA) is 59.3 Å². The van der Waals surface area contributed by atoms with Crippen molar-refractivity contribution in [3.05, 3.63) is 87.4 Å². The maximum atomic E-state index is 12.9. The lowest BCUT2D eigenvalue weighted by Gasteiger charge is -2.04. The number of carbonyl (C=O) groups is 1. The van der Waals surface area contributed by atoms with Crippen LogP contribution in [0.2, 0.25) is 5.15 Å². The molecule has 1 heterocycles. The number of hydrogen-bond acceptors (Lipinski definition) is 3. The third kappa shape index (κ3) is 4.60. The molecule has 0 aliphatic rings.